The van der Waals surface area contributed by atoms with Crippen molar-refractivity contribution in [1.82, 2.24) is 9.97 Å². The van der Waals surface area contributed by atoms with E-state index in [4.69, 9.17) is 5.11 Å². The van der Waals surface area contributed by atoms with Crippen LogP contribution in [-0.2, 0) is 9.63 Å². The van der Waals surface area contributed by atoms with Crippen LogP contribution in [0, 0.1) is 0 Å². The largest absolute Gasteiger partial charge is 0.476 e. The molecule has 2 heterocycles. The zero-order valence-corrected chi connectivity index (χ0v) is 12.0. The van der Waals surface area contributed by atoms with E-state index >= 15 is 0 Å². The number of halogens is 1. The Morgan fingerprint density at radius 2 is 2.26 bits per heavy atom. The third-order valence-corrected chi connectivity index (χ3v) is 3.22. The van der Waals surface area contributed by atoms with E-state index in [0.717, 1.165) is 0 Å². The van der Waals surface area contributed by atoms with Crippen LogP contribution in [0.2, 0.25) is 0 Å². The van der Waals surface area contributed by atoms with Gasteiger partial charge in [-0.05, 0) is 0 Å². The lowest BCUT2D eigenvalue weighted by molar-refractivity contribution is -0.129. The average molecular weight is 321 g/mol. The van der Waals surface area contributed by atoms with Gasteiger partial charge in [0.15, 0.2) is 10.3 Å². The van der Waals surface area contributed by atoms with Crippen LogP contribution in [0.5, 0.6) is 0 Å². The van der Waals surface area contributed by atoms with Crippen molar-refractivity contribution in [1.29, 1.82) is 0 Å². The molecule has 102 valence electrons. The maximum absolute atomic E-state index is 10.9. The average Bonchev–Trinajstić information content (AvgIpc) is 2.97. The molecule has 0 radical (unpaired) electrons. The number of hydrogen-bond acceptors (Lipinski definition) is 8. The molecule has 19 heavy (non-hydrogen) atoms. The van der Waals surface area contributed by atoms with E-state index in [0.29, 0.717) is 10.3 Å². The molecule has 0 amide bonds. The van der Waals surface area contributed by atoms with Crippen molar-refractivity contribution in [3.05, 3.63) is 22.7 Å². The van der Waals surface area contributed by atoms with Gasteiger partial charge in [-0.2, -0.15) is 0 Å². The van der Waals surface area contributed by atoms with Crippen LogP contribution in [0.15, 0.2) is 22.1 Å². The highest BCUT2D eigenvalue weighted by atomic mass is 35.5. The molecule has 2 aromatic rings. The van der Waals surface area contributed by atoms with Crippen molar-refractivity contribution >= 4 is 57.0 Å². The molecule has 7 nitrogen and oxygen atoms in total. The first kappa shape index (κ1) is 15.3. The van der Waals surface area contributed by atoms with Gasteiger partial charge in [-0.1, -0.05) is 5.16 Å². The van der Waals surface area contributed by atoms with Crippen LogP contribution in [-0.4, -0.2) is 33.9 Å². The van der Waals surface area contributed by atoms with E-state index in [9.17, 15) is 4.79 Å². The number of nitrogens with zero attached hydrogens (tertiary/aromatic N) is 3. The SMILES string of the molecule is CON=C(C(=O)O)c1csc(Nc2nccs2)n1.Cl. The zero-order valence-electron chi connectivity index (χ0n) is 9.56. The Morgan fingerprint density at radius 1 is 1.47 bits per heavy atom. The van der Waals surface area contributed by atoms with Gasteiger partial charge in [0.1, 0.15) is 12.8 Å². The van der Waals surface area contributed by atoms with Crippen molar-refractivity contribution < 1.29 is 14.7 Å². The Balaban J connectivity index is 0.00000180. The summed E-state index contributed by atoms with van der Waals surface area (Å²) in [5.74, 6) is -1.19. The molecule has 0 fully saturated rings. The van der Waals surface area contributed by atoms with Gasteiger partial charge < -0.3 is 15.3 Å². The maximum atomic E-state index is 10.9. The lowest BCUT2D eigenvalue weighted by atomic mass is 10.3. The first-order chi connectivity index (χ1) is 8.70. The highest BCUT2D eigenvalue weighted by molar-refractivity contribution is 7.16. The molecule has 2 rings (SSSR count). The van der Waals surface area contributed by atoms with E-state index in [-0.39, 0.29) is 23.8 Å². The Morgan fingerprint density at radius 3 is 2.84 bits per heavy atom. The summed E-state index contributed by atoms with van der Waals surface area (Å²) in [7, 11) is 1.28. The molecule has 0 saturated carbocycles. The van der Waals surface area contributed by atoms with Gasteiger partial charge in [0.25, 0.3) is 0 Å². The molecule has 0 aliphatic heterocycles. The second-order valence-electron chi connectivity index (χ2n) is 2.93. The van der Waals surface area contributed by atoms with Crippen molar-refractivity contribution in [2.75, 3.05) is 12.4 Å². The second kappa shape index (κ2) is 7.02. The van der Waals surface area contributed by atoms with E-state index in [1.807, 2.05) is 5.38 Å². The molecule has 0 bridgehead atoms. The molecule has 0 aromatic carbocycles. The van der Waals surface area contributed by atoms with Crippen molar-refractivity contribution in [3.8, 4) is 0 Å². The summed E-state index contributed by atoms with van der Waals surface area (Å²) in [5, 5.41) is 20.0. The van der Waals surface area contributed by atoms with Gasteiger partial charge in [0, 0.05) is 17.0 Å². The van der Waals surface area contributed by atoms with Crippen LogP contribution in [0.4, 0.5) is 10.3 Å². The maximum Gasteiger partial charge on any atom is 0.360 e. The number of carboxylic acids is 1. The summed E-state index contributed by atoms with van der Waals surface area (Å²) in [6, 6.07) is 0. The summed E-state index contributed by atoms with van der Waals surface area (Å²) >= 11 is 2.69. The number of aliphatic carboxylic acids is 1. The van der Waals surface area contributed by atoms with Crippen molar-refractivity contribution in [2.45, 2.75) is 0 Å². The smallest absolute Gasteiger partial charge is 0.360 e. The molecule has 10 heteroatoms. The number of thiazole rings is 2. The van der Waals surface area contributed by atoms with Gasteiger partial charge >= 0.3 is 5.97 Å². The quantitative estimate of drug-likeness (QED) is 0.647. The highest BCUT2D eigenvalue weighted by Gasteiger charge is 2.17. The Hall–Kier alpha value is -1.71. The van der Waals surface area contributed by atoms with Gasteiger partial charge in [-0.25, -0.2) is 14.8 Å². The molecular weight excluding hydrogens is 312 g/mol. The molecule has 0 unspecified atom stereocenters. The van der Waals surface area contributed by atoms with Crippen LogP contribution >= 0.6 is 35.1 Å². The lowest BCUT2D eigenvalue weighted by Gasteiger charge is -1.96. The lowest BCUT2D eigenvalue weighted by Crippen LogP contribution is -2.15. The predicted molar refractivity (Wildman–Crippen MR) is 75.9 cm³/mol. The molecule has 0 atom stereocenters. The van der Waals surface area contributed by atoms with Crippen LogP contribution in [0.1, 0.15) is 5.69 Å². The molecule has 2 aromatic heterocycles. The number of rotatable bonds is 5. The molecule has 0 saturated heterocycles. The molecule has 0 aliphatic rings. The molecule has 0 spiro atoms. The third kappa shape index (κ3) is 3.88. The van der Waals surface area contributed by atoms with E-state index in [2.05, 4.69) is 25.3 Å². The summed E-state index contributed by atoms with van der Waals surface area (Å²) in [5.41, 5.74) is 0.00865. The molecule has 0 aliphatic carbocycles. The van der Waals surface area contributed by atoms with Gasteiger partial charge in [-0.3, -0.25) is 0 Å². The van der Waals surface area contributed by atoms with Crippen LogP contribution < -0.4 is 5.32 Å². The molecular formula is C9H9ClN4O3S2. The summed E-state index contributed by atoms with van der Waals surface area (Å²) in [6.07, 6.45) is 1.66. The van der Waals surface area contributed by atoms with Crippen LogP contribution in [0.25, 0.3) is 0 Å². The monoisotopic (exact) mass is 320 g/mol. The zero-order chi connectivity index (χ0) is 13.0. The first-order valence-corrected chi connectivity index (χ1v) is 6.43. The highest BCUT2D eigenvalue weighted by Crippen LogP contribution is 2.22. The number of oxime groups is 1. The van der Waals surface area contributed by atoms with Gasteiger partial charge in [0.2, 0.25) is 5.71 Å². The minimum atomic E-state index is -1.19. The Labute approximate surface area is 122 Å². The van der Waals surface area contributed by atoms with Crippen molar-refractivity contribution in [2.24, 2.45) is 5.16 Å². The number of hydrogen-bond donors (Lipinski definition) is 2. The van der Waals surface area contributed by atoms with Crippen molar-refractivity contribution in [3.63, 3.8) is 0 Å². The van der Waals surface area contributed by atoms with Gasteiger partial charge in [0.05, 0.1) is 0 Å². The topological polar surface area (TPSA) is 96.7 Å². The minimum Gasteiger partial charge on any atom is -0.476 e. The van der Waals surface area contributed by atoms with E-state index in [1.54, 1.807) is 11.6 Å². The molecule has 2 N–H and O–H groups in total. The standard InChI is InChI=1S/C9H8N4O3S2.ClH/c1-16-13-6(7(14)15)5-4-18-9(11-5)12-8-10-2-3-17-8;/h2-4H,1H3,(H,14,15)(H,10,11,12);1H. The Bertz CT molecular complexity index is 570. The summed E-state index contributed by atoms with van der Waals surface area (Å²) in [4.78, 5) is 23.6. The minimum absolute atomic E-state index is 0. The van der Waals surface area contributed by atoms with Gasteiger partial charge in [-0.15, -0.1) is 35.1 Å². The number of nitrogens with one attached hydrogen (secondary N) is 1. The predicted octanol–water partition coefficient (Wildman–Crippen LogP) is 2.20. The summed E-state index contributed by atoms with van der Waals surface area (Å²) in [6.45, 7) is 0. The number of anilines is 2. The second-order valence-corrected chi connectivity index (χ2v) is 4.68. The fraction of sp³-hybridized carbons (Fsp3) is 0.111. The summed E-state index contributed by atoms with van der Waals surface area (Å²) < 4.78 is 0. The number of carboxylic acid groups (broad SMARTS) is 1. The normalized spacial score (nSPS) is 10.7. The Kier molecular flexibility index (Phi) is 5.67. The fourth-order valence-corrected chi connectivity index (χ4v) is 2.39. The first-order valence-electron chi connectivity index (χ1n) is 4.67. The third-order valence-electron chi connectivity index (χ3n) is 1.78. The number of aromatic nitrogens is 2. The van der Waals surface area contributed by atoms with Crippen LogP contribution in [0.3, 0.4) is 0 Å². The van der Waals surface area contributed by atoms with E-state index < -0.39 is 5.97 Å². The number of carbonyl (C=O) groups is 1. The van der Waals surface area contributed by atoms with E-state index in [1.165, 1.54) is 29.8 Å². The fourth-order valence-electron chi connectivity index (χ4n) is 1.10.